The lowest BCUT2D eigenvalue weighted by atomic mass is 9.85. The molecule has 2 aliphatic rings. The number of carbonyl (C=O) groups excluding carboxylic acids is 4. The van der Waals surface area contributed by atoms with Gasteiger partial charge in [0.05, 0.1) is 30.2 Å². The number of hydrogen-bond donors (Lipinski definition) is 5. The zero-order valence-electron chi connectivity index (χ0n) is 25.9. The number of ketones is 2. The summed E-state index contributed by atoms with van der Waals surface area (Å²) in [4.78, 5) is 51.5. The molecule has 2 bridgehead atoms. The van der Waals surface area contributed by atoms with Crippen LogP contribution in [0.15, 0.2) is 58.5 Å². The van der Waals surface area contributed by atoms with Crippen molar-refractivity contribution in [2.45, 2.75) is 77.9 Å². The highest BCUT2D eigenvalue weighted by Gasteiger charge is 2.33. The van der Waals surface area contributed by atoms with E-state index in [9.17, 15) is 29.4 Å². The molecular weight excluding hydrogens is 558 g/mol. The van der Waals surface area contributed by atoms with Crippen molar-refractivity contribution in [3.63, 3.8) is 0 Å². The van der Waals surface area contributed by atoms with Crippen molar-refractivity contribution >= 4 is 23.6 Å². The maximum absolute atomic E-state index is 13.6. The summed E-state index contributed by atoms with van der Waals surface area (Å²) in [5, 5.41) is 26.3. The lowest BCUT2D eigenvalue weighted by molar-refractivity contribution is -0.120. The molecule has 0 fully saturated rings. The summed E-state index contributed by atoms with van der Waals surface area (Å²) in [5.41, 5.74) is 6.19. The second-order valence-corrected chi connectivity index (χ2v) is 11.2. The maximum atomic E-state index is 13.6. The molecule has 2 amide bonds. The van der Waals surface area contributed by atoms with Crippen molar-refractivity contribution in [1.29, 1.82) is 0 Å². The first-order valence-electron chi connectivity index (χ1n) is 14.2. The summed E-state index contributed by atoms with van der Waals surface area (Å²) < 4.78 is 16.5. The van der Waals surface area contributed by atoms with E-state index in [1.807, 2.05) is 6.92 Å². The first-order chi connectivity index (χ1) is 20.2. The minimum absolute atomic E-state index is 0.0602. The van der Waals surface area contributed by atoms with Crippen LogP contribution in [-0.4, -0.2) is 85.1 Å². The fourth-order valence-electron chi connectivity index (χ4n) is 5.03. The number of methoxy groups -OCH3 is 2. The van der Waals surface area contributed by atoms with Gasteiger partial charge in [-0.3, -0.25) is 14.4 Å². The van der Waals surface area contributed by atoms with E-state index in [-0.39, 0.29) is 41.5 Å². The van der Waals surface area contributed by atoms with Crippen molar-refractivity contribution in [2.24, 2.45) is 17.6 Å². The Bertz CT molecular complexity index is 1220. The van der Waals surface area contributed by atoms with Gasteiger partial charge >= 0.3 is 6.09 Å². The molecule has 1 heterocycles. The van der Waals surface area contributed by atoms with Crippen LogP contribution >= 0.6 is 0 Å². The van der Waals surface area contributed by atoms with Gasteiger partial charge in [0.2, 0.25) is 11.6 Å². The van der Waals surface area contributed by atoms with E-state index in [0.717, 1.165) is 6.08 Å². The molecule has 12 heteroatoms. The van der Waals surface area contributed by atoms with E-state index in [1.165, 1.54) is 33.3 Å². The van der Waals surface area contributed by atoms with Crippen LogP contribution in [0.3, 0.4) is 0 Å². The Kier molecular flexibility index (Phi) is 13.5. The van der Waals surface area contributed by atoms with Crippen molar-refractivity contribution in [1.82, 2.24) is 10.6 Å². The minimum Gasteiger partial charge on any atom is -0.439 e. The normalized spacial score (nSPS) is 32.0. The lowest BCUT2D eigenvalue weighted by Crippen LogP contribution is -2.39. The fourth-order valence-corrected chi connectivity index (χ4v) is 5.03. The Labute approximate surface area is 252 Å². The Balaban J connectivity index is 2.64. The van der Waals surface area contributed by atoms with Crippen LogP contribution in [0.2, 0.25) is 0 Å². The number of nitrogens with two attached hydrogens (primary N) is 1. The molecule has 1 aliphatic carbocycles. The molecule has 1 unspecified atom stereocenters. The van der Waals surface area contributed by atoms with Crippen LogP contribution in [0.25, 0.3) is 0 Å². The molecule has 0 aromatic carbocycles. The van der Waals surface area contributed by atoms with Crippen LogP contribution in [0, 0.1) is 11.8 Å². The number of rotatable bonds is 6. The molecule has 12 nitrogen and oxygen atoms in total. The molecule has 0 aromatic rings. The van der Waals surface area contributed by atoms with Crippen molar-refractivity contribution in [3.8, 4) is 0 Å². The van der Waals surface area contributed by atoms with Gasteiger partial charge < -0.3 is 40.8 Å². The molecule has 0 aromatic heterocycles. The topological polar surface area (TPSA) is 187 Å². The largest absolute Gasteiger partial charge is 0.439 e. The first kappa shape index (κ1) is 35.6. The van der Waals surface area contributed by atoms with Gasteiger partial charge in [-0.15, -0.1) is 0 Å². The lowest BCUT2D eigenvalue weighted by Gasteiger charge is -2.30. The number of ether oxygens (including phenoxy) is 3. The number of aliphatic hydroxyl groups is 2. The number of amides is 2. The minimum atomic E-state index is -1.01. The summed E-state index contributed by atoms with van der Waals surface area (Å²) in [6, 6.07) is -0.504. The second kappa shape index (κ2) is 16.3. The predicted octanol–water partition coefficient (Wildman–Crippen LogP) is 1.73. The average molecular weight is 604 g/mol. The average Bonchev–Trinajstić information content (AvgIpc) is 2.95. The van der Waals surface area contributed by atoms with Gasteiger partial charge in [-0.2, -0.15) is 0 Å². The summed E-state index contributed by atoms with van der Waals surface area (Å²) in [6.07, 6.45) is 3.49. The maximum Gasteiger partial charge on any atom is 0.405 e. The van der Waals surface area contributed by atoms with Crippen molar-refractivity contribution in [3.05, 3.63) is 58.5 Å². The van der Waals surface area contributed by atoms with Gasteiger partial charge in [-0.1, -0.05) is 38.2 Å². The Morgan fingerprint density at radius 3 is 2.44 bits per heavy atom. The summed E-state index contributed by atoms with van der Waals surface area (Å²) in [6.45, 7) is 8.31. The number of nitrogens with one attached hydrogen (secondary N) is 2. The molecule has 6 N–H and O–H groups in total. The smallest absolute Gasteiger partial charge is 0.405 e. The highest BCUT2D eigenvalue weighted by atomic mass is 16.6. The van der Waals surface area contributed by atoms with Gasteiger partial charge in [-0.05, 0) is 45.1 Å². The molecule has 0 spiro atoms. The van der Waals surface area contributed by atoms with E-state index in [2.05, 4.69) is 10.6 Å². The Morgan fingerprint density at radius 2 is 1.86 bits per heavy atom. The third-order valence-electron chi connectivity index (χ3n) is 7.46. The van der Waals surface area contributed by atoms with Crippen LogP contribution in [0.4, 0.5) is 4.79 Å². The molecule has 43 heavy (non-hydrogen) atoms. The predicted molar refractivity (Wildman–Crippen MR) is 159 cm³/mol. The van der Waals surface area contributed by atoms with Gasteiger partial charge in [0.1, 0.15) is 6.10 Å². The highest BCUT2D eigenvalue weighted by molar-refractivity contribution is 6.23. The van der Waals surface area contributed by atoms with E-state index >= 15 is 0 Å². The molecular formula is C31H45N3O9. The molecule has 1 aliphatic heterocycles. The number of fused-ring (bicyclic) bond motifs is 2. The van der Waals surface area contributed by atoms with E-state index in [1.54, 1.807) is 32.9 Å². The fraction of sp³-hybridized carbons (Fsp3) is 0.548. The van der Waals surface area contributed by atoms with E-state index < -0.39 is 59.9 Å². The highest BCUT2D eigenvalue weighted by Crippen LogP contribution is 2.29. The zero-order chi connectivity index (χ0) is 32.4. The summed E-state index contributed by atoms with van der Waals surface area (Å²) in [5.74, 6) is -2.35. The molecule has 7 atom stereocenters. The number of carbonyl (C=O) groups is 4. The van der Waals surface area contributed by atoms with Crippen LogP contribution in [-0.2, 0) is 28.6 Å². The molecule has 2 rings (SSSR count). The molecule has 0 saturated carbocycles. The molecule has 0 radical (unpaired) electrons. The standard InChI is InChI=1S/C31H45N3O9/c1-16-11-21-26(33-20(5)15-35)23(36)14-22(28(21)38)34-30(39)17(2)9-8-10-24(41-6)29(43-31(32)40)19(4)13-18(3)27(37)25(12-16)42-7/h8-10,13-14,16,18,20,24-25,27,29,33,35,37H,11-12,15H2,1-7H3,(H2,32,40)(H,34,39)/b10-8-,17-9-,19-13-/t16-,18+,20?,24+,25+,27-,29+/m1/s1. The summed E-state index contributed by atoms with van der Waals surface area (Å²) in [7, 11) is 2.90. The van der Waals surface area contributed by atoms with Crippen molar-refractivity contribution in [2.75, 3.05) is 20.8 Å². The van der Waals surface area contributed by atoms with Crippen LogP contribution in [0.1, 0.15) is 47.5 Å². The first-order valence-corrected chi connectivity index (χ1v) is 14.2. The van der Waals surface area contributed by atoms with Gasteiger partial charge in [-0.25, -0.2) is 4.79 Å². The molecule has 0 saturated heterocycles. The number of primary amides is 1. The zero-order valence-corrected chi connectivity index (χ0v) is 25.9. The monoisotopic (exact) mass is 603 g/mol. The third-order valence-corrected chi connectivity index (χ3v) is 7.46. The van der Waals surface area contributed by atoms with Gasteiger partial charge in [0, 0.05) is 43.4 Å². The number of hydrogen-bond acceptors (Lipinski definition) is 10. The number of aliphatic hydroxyl groups excluding tert-OH is 2. The summed E-state index contributed by atoms with van der Waals surface area (Å²) >= 11 is 0. The number of Topliss-reactive ketones (excluding diaryl/α,β-unsaturated/α-hetero) is 1. The van der Waals surface area contributed by atoms with Crippen LogP contribution in [0.5, 0.6) is 0 Å². The number of allylic oxidation sites excluding steroid dienone is 4. The third kappa shape index (κ3) is 9.72. The Hall–Kier alpha value is -3.58. The second-order valence-electron chi connectivity index (χ2n) is 11.2. The van der Waals surface area contributed by atoms with Gasteiger partial charge in [0.15, 0.2) is 6.10 Å². The molecule has 238 valence electrons. The Morgan fingerprint density at radius 1 is 1.19 bits per heavy atom. The quantitative estimate of drug-likeness (QED) is 0.221. The van der Waals surface area contributed by atoms with E-state index in [4.69, 9.17) is 19.9 Å². The SMILES string of the molecule is CO[C@H]1/C=C\C=C(\C)C(=O)NC2=CC(=O)C(NC(C)CO)=C(C[C@@H](C)C[C@H](OC)[C@H](O)[C@@H](C)/C=C(/C)[C@@H]1OC(N)=O)C2=O. The van der Waals surface area contributed by atoms with E-state index in [0.29, 0.717) is 12.0 Å². The van der Waals surface area contributed by atoms with Crippen LogP contribution < -0.4 is 16.4 Å². The van der Waals surface area contributed by atoms with Gasteiger partial charge in [0.25, 0.3) is 5.91 Å². The van der Waals surface area contributed by atoms with Crippen molar-refractivity contribution < 1.29 is 43.6 Å².